The van der Waals surface area contributed by atoms with Gasteiger partial charge in [-0.3, -0.25) is 10.1 Å². The molecule has 0 fully saturated rings. The zero-order chi connectivity index (χ0) is 12.7. The number of amides is 2. The highest BCUT2D eigenvalue weighted by atomic mass is 32.2. The van der Waals surface area contributed by atoms with Gasteiger partial charge in [0.1, 0.15) is 0 Å². The quantitative estimate of drug-likeness (QED) is 0.620. The Labute approximate surface area is 101 Å². The van der Waals surface area contributed by atoms with E-state index >= 15 is 0 Å². The van der Waals surface area contributed by atoms with E-state index in [9.17, 15) is 9.59 Å². The molecule has 0 radical (unpaired) electrons. The van der Waals surface area contributed by atoms with Crippen molar-refractivity contribution in [2.24, 2.45) is 5.73 Å². The summed E-state index contributed by atoms with van der Waals surface area (Å²) in [6.45, 7) is 0.862. The molecule has 1 aromatic heterocycles. The molecule has 0 aliphatic rings. The van der Waals surface area contributed by atoms with Crippen molar-refractivity contribution in [2.75, 3.05) is 19.4 Å². The van der Waals surface area contributed by atoms with Crippen LogP contribution in [0.3, 0.4) is 0 Å². The molecule has 0 spiro atoms. The van der Waals surface area contributed by atoms with Crippen molar-refractivity contribution in [1.82, 2.24) is 25.5 Å². The van der Waals surface area contributed by atoms with Crippen molar-refractivity contribution < 1.29 is 14.3 Å². The number of thioether (sulfide) groups is 1. The number of aromatic nitrogens is 4. The van der Waals surface area contributed by atoms with Gasteiger partial charge in [-0.15, -0.1) is 5.10 Å². The Morgan fingerprint density at radius 1 is 1.59 bits per heavy atom. The van der Waals surface area contributed by atoms with Crippen LogP contribution in [0.2, 0.25) is 0 Å². The van der Waals surface area contributed by atoms with Gasteiger partial charge in [0.15, 0.2) is 0 Å². The number of ether oxygens (including phenoxy) is 1. The van der Waals surface area contributed by atoms with E-state index in [1.165, 1.54) is 11.8 Å². The maximum absolute atomic E-state index is 11.2. The van der Waals surface area contributed by atoms with Gasteiger partial charge in [0.05, 0.1) is 19.4 Å². The van der Waals surface area contributed by atoms with E-state index in [2.05, 4.69) is 20.3 Å². The molecule has 0 atom stereocenters. The zero-order valence-electron chi connectivity index (χ0n) is 9.12. The minimum absolute atomic E-state index is 0.0139. The summed E-state index contributed by atoms with van der Waals surface area (Å²) >= 11 is 1.11. The first-order valence-electron chi connectivity index (χ1n) is 4.64. The number of rotatable bonds is 5. The molecule has 0 bridgehead atoms. The molecule has 0 saturated heterocycles. The molecule has 17 heavy (non-hydrogen) atoms. The lowest BCUT2D eigenvalue weighted by Crippen LogP contribution is -2.31. The highest BCUT2D eigenvalue weighted by Gasteiger charge is 2.11. The smallest absolute Gasteiger partial charge is 0.413 e. The second kappa shape index (κ2) is 6.81. The molecular weight excluding hydrogens is 248 g/mol. The predicted octanol–water partition coefficient (Wildman–Crippen LogP) is -1.39. The average molecular weight is 260 g/mol. The maximum Gasteiger partial charge on any atom is 0.413 e. The summed E-state index contributed by atoms with van der Waals surface area (Å²) < 4.78 is 5.76. The largest absolute Gasteiger partial charge is 0.453 e. The monoisotopic (exact) mass is 260 g/mol. The van der Waals surface area contributed by atoms with Crippen LogP contribution in [0.5, 0.6) is 0 Å². The highest BCUT2D eigenvalue weighted by Crippen LogP contribution is 2.12. The maximum atomic E-state index is 11.2. The zero-order valence-corrected chi connectivity index (χ0v) is 9.94. The number of tetrazole rings is 1. The molecule has 0 aliphatic heterocycles. The Hall–Kier alpha value is -1.68. The van der Waals surface area contributed by atoms with Gasteiger partial charge in [0, 0.05) is 6.54 Å². The summed E-state index contributed by atoms with van der Waals surface area (Å²) in [5.41, 5.74) is 5.36. The Bertz CT molecular complexity index is 395. The van der Waals surface area contributed by atoms with Gasteiger partial charge in [-0.25, -0.2) is 9.48 Å². The van der Waals surface area contributed by atoms with Gasteiger partial charge >= 0.3 is 6.09 Å². The number of alkyl carbamates (subject to hydrolysis) is 1. The van der Waals surface area contributed by atoms with Gasteiger partial charge in [0.25, 0.3) is 0 Å². The third-order valence-electron chi connectivity index (χ3n) is 1.60. The fourth-order valence-corrected chi connectivity index (χ4v) is 1.60. The van der Waals surface area contributed by atoms with Crippen LogP contribution >= 0.6 is 11.8 Å². The number of carbonyl (C=O) groups is 2. The molecule has 0 unspecified atom stereocenters. The van der Waals surface area contributed by atoms with E-state index in [1.807, 2.05) is 5.32 Å². The van der Waals surface area contributed by atoms with Gasteiger partial charge in [0.2, 0.25) is 11.1 Å². The molecule has 2 amide bonds. The van der Waals surface area contributed by atoms with Crippen LogP contribution in [-0.4, -0.2) is 51.6 Å². The number of imide groups is 1. The van der Waals surface area contributed by atoms with Crippen LogP contribution in [0.15, 0.2) is 5.16 Å². The normalized spacial score (nSPS) is 10.0. The topological polar surface area (TPSA) is 125 Å². The van der Waals surface area contributed by atoms with Crippen molar-refractivity contribution in [3.05, 3.63) is 0 Å². The average Bonchev–Trinajstić information content (AvgIpc) is 2.74. The first kappa shape index (κ1) is 13.4. The summed E-state index contributed by atoms with van der Waals surface area (Å²) in [6.07, 6.45) is -0.794. The van der Waals surface area contributed by atoms with E-state index in [1.54, 1.807) is 0 Å². The van der Waals surface area contributed by atoms with E-state index in [-0.39, 0.29) is 5.75 Å². The molecular formula is C7H12N6O3S. The standard InChI is InChI=1S/C7H12N6O3S/c1-16-7(15)9-5(14)4-17-6-10-11-12-13(6)3-2-8/h2-4,8H2,1H3,(H,9,14,15). The molecule has 1 aromatic rings. The van der Waals surface area contributed by atoms with E-state index in [0.717, 1.165) is 11.8 Å². The first-order chi connectivity index (χ1) is 8.17. The molecule has 0 aromatic carbocycles. The van der Waals surface area contributed by atoms with E-state index in [0.29, 0.717) is 18.2 Å². The molecule has 9 nitrogen and oxygen atoms in total. The third kappa shape index (κ3) is 4.36. The van der Waals surface area contributed by atoms with Gasteiger partial charge < -0.3 is 10.5 Å². The number of nitrogens with two attached hydrogens (primary N) is 1. The first-order valence-corrected chi connectivity index (χ1v) is 5.62. The predicted molar refractivity (Wildman–Crippen MR) is 58.1 cm³/mol. The van der Waals surface area contributed by atoms with Crippen molar-refractivity contribution in [3.8, 4) is 0 Å². The van der Waals surface area contributed by atoms with Crippen molar-refractivity contribution in [3.63, 3.8) is 0 Å². The van der Waals surface area contributed by atoms with E-state index < -0.39 is 12.0 Å². The number of hydrogen-bond donors (Lipinski definition) is 2. The Balaban J connectivity index is 2.41. The number of nitrogens with one attached hydrogen (secondary N) is 1. The van der Waals surface area contributed by atoms with Crippen LogP contribution in [0.25, 0.3) is 0 Å². The fourth-order valence-electron chi connectivity index (χ4n) is 0.893. The Morgan fingerprint density at radius 3 is 3.00 bits per heavy atom. The molecule has 0 aliphatic carbocycles. The van der Waals surface area contributed by atoms with Gasteiger partial charge in [-0.2, -0.15) is 0 Å². The third-order valence-corrected chi connectivity index (χ3v) is 2.56. The molecule has 0 saturated carbocycles. The molecule has 10 heteroatoms. The summed E-state index contributed by atoms with van der Waals surface area (Å²) in [5, 5.41) is 13.4. The minimum atomic E-state index is -0.794. The number of carbonyl (C=O) groups excluding carboxylic acids is 2. The summed E-state index contributed by atoms with van der Waals surface area (Å²) in [7, 11) is 1.18. The SMILES string of the molecule is COC(=O)NC(=O)CSc1nnnn1CCN. The van der Waals surface area contributed by atoms with Crippen LogP contribution in [0, 0.1) is 0 Å². The molecule has 3 N–H and O–H groups in total. The lowest BCUT2D eigenvalue weighted by molar-refractivity contribution is -0.117. The summed E-state index contributed by atoms with van der Waals surface area (Å²) in [5.74, 6) is -0.468. The van der Waals surface area contributed by atoms with Crippen molar-refractivity contribution >= 4 is 23.8 Å². The van der Waals surface area contributed by atoms with E-state index in [4.69, 9.17) is 5.73 Å². The van der Waals surface area contributed by atoms with Crippen LogP contribution in [-0.2, 0) is 16.1 Å². The number of methoxy groups -OCH3 is 1. The second-order valence-electron chi connectivity index (χ2n) is 2.80. The van der Waals surface area contributed by atoms with Crippen molar-refractivity contribution in [2.45, 2.75) is 11.7 Å². The Morgan fingerprint density at radius 2 is 2.35 bits per heavy atom. The molecule has 1 rings (SSSR count). The summed E-state index contributed by atoms with van der Waals surface area (Å²) in [6, 6.07) is 0. The number of nitrogens with zero attached hydrogens (tertiary/aromatic N) is 4. The van der Waals surface area contributed by atoms with Crippen LogP contribution in [0.1, 0.15) is 0 Å². The summed E-state index contributed by atoms with van der Waals surface area (Å²) in [4.78, 5) is 22.0. The molecule has 94 valence electrons. The lowest BCUT2D eigenvalue weighted by Gasteiger charge is -2.02. The second-order valence-corrected chi connectivity index (χ2v) is 3.74. The van der Waals surface area contributed by atoms with Crippen LogP contribution in [0.4, 0.5) is 4.79 Å². The molecule has 1 heterocycles. The minimum Gasteiger partial charge on any atom is -0.453 e. The van der Waals surface area contributed by atoms with Gasteiger partial charge in [-0.05, 0) is 10.4 Å². The lowest BCUT2D eigenvalue weighted by atomic mass is 10.7. The van der Waals surface area contributed by atoms with Crippen LogP contribution < -0.4 is 11.1 Å². The highest BCUT2D eigenvalue weighted by molar-refractivity contribution is 7.99. The van der Waals surface area contributed by atoms with Crippen molar-refractivity contribution in [1.29, 1.82) is 0 Å². The Kier molecular flexibility index (Phi) is 5.36. The fraction of sp³-hybridized carbons (Fsp3) is 0.571. The van der Waals surface area contributed by atoms with Gasteiger partial charge in [-0.1, -0.05) is 11.8 Å². The number of hydrogen-bond acceptors (Lipinski definition) is 8.